The highest BCUT2D eigenvalue weighted by molar-refractivity contribution is 5.02. The van der Waals surface area contributed by atoms with Crippen LogP contribution in [0.2, 0.25) is 0 Å². The van der Waals surface area contributed by atoms with E-state index in [-0.39, 0.29) is 0 Å². The molecule has 2 heterocycles. The second-order valence-corrected chi connectivity index (χ2v) is 6.16. The van der Waals surface area contributed by atoms with E-state index in [2.05, 4.69) is 27.0 Å². The third-order valence-electron chi connectivity index (χ3n) is 4.62. The highest BCUT2D eigenvalue weighted by atomic mass is 15.3. The summed E-state index contributed by atoms with van der Waals surface area (Å²) in [6.45, 7) is 3.35. The smallest absolute Gasteiger partial charge is 0.149 e. The summed E-state index contributed by atoms with van der Waals surface area (Å²) in [6.07, 6.45) is 11.8. The zero-order chi connectivity index (χ0) is 13.1. The summed E-state index contributed by atoms with van der Waals surface area (Å²) in [6, 6.07) is 1.02. The second-order valence-electron chi connectivity index (χ2n) is 6.16. The van der Waals surface area contributed by atoms with Crippen LogP contribution in [0, 0.1) is 0 Å². The van der Waals surface area contributed by atoms with Gasteiger partial charge in [-0.05, 0) is 32.6 Å². The molecule has 2 aliphatic rings. The van der Waals surface area contributed by atoms with Gasteiger partial charge in [0, 0.05) is 19.0 Å². The first-order valence-corrected chi connectivity index (χ1v) is 8.02. The van der Waals surface area contributed by atoms with E-state index in [0.717, 1.165) is 18.8 Å². The van der Waals surface area contributed by atoms with Gasteiger partial charge in [-0.2, -0.15) is 0 Å². The lowest BCUT2D eigenvalue weighted by Crippen LogP contribution is -2.34. The van der Waals surface area contributed by atoms with Gasteiger partial charge < -0.3 is 9.88 Å². The first-order valence-electron chi connectivity index (χ1n) is 8.02. The van der Waals surface area contributed by atoms with Crippen molar-refractivity contribution in [3.05, 3.63) is 11.6 Å². The summed E-state index contributed by atoms with van der Waals surface area (Å²) in [7, 11) is 0. The van der Waals surface area contributed by atoms with Gasteiger partial charge in [-0.3, -0.25) is 0 Å². The average molecular weight is 262 g/mol. The Kier molecular flexibility index (Phi) is 4.16. The van der Waals surface area contributed by atoms with Crippen LogP contribution in [0.3, 0.4) is 0 Å². The second kappa shape index (κ2) is 6.04. The van der Waals surface area contributed by atoms with E-state index in [1.807, 2.05) is 0 Å². The molecule has 1 fully saturated rings. The molecule has 1 unspecified atom stereocenters. The van der Waals surface area contributed by atoms with Crippen LogP contribution in [-0.2, 0) is 13.0 Å². The van der Waals surface area contributed by atoms with Gasteiger partial charge in [-0.1, -0.05) is 25.7 Å². The number of hydrogen-bond acceptors (Lipinski definition) is 3. The third-order valence-corrected chi connectivity index (χ3v) is 4.62. The Morgan fingerprint density at radius 1 is 1.05 bits per heavy atom. The molecule has 1 aliphatic heterocycles. The molecule has 1 aromatic rings. The quantitative estimate of drug-likeness (QED) is 0.910. The Morgan fingerprint density at radius 2 is 1.84 bits per heavy atom. The van der Waals surface area contributed by atoms with Crippen molar-refractivity contribution in [2.45, 2.75) is 83.3 Å². The molecule has 0 spiro atoms. The van der Waals surface area contributed by atoms with E-state index < -0.39 is 0 Å². The minimum Gasteiger partial charge on any atom is -0.314 e. The van der Waals surface area contributed by atoms with Crippen LogP contribution in [0.25, 0.3) is 0 Å². The fourth-order valence-corrected chi connectivity index (χ4v) is 3.53. The van der Waals surface area contributed by atoms with Crippen molar-refractivity contribution in [1.82, 2.24) is 20.1 Å². The molecule has 1 aliphatic carbocycles. The molecular weight excluding hydrogens is 236 g/mol. The highest BCUT2D eigenvalue weighted by Crippen LogP contribution is 2.22. The van der Waals surface area contributed by atoms with Gasteiger partial charge in [0.05, 0.1) is 6.04 Å². The molecule has 0 radical (unpaired) electrons. The van der Waals surface area contributed by atoms with Crippen molar-refractivity contribution in [3.8, 4) is 0 Å². The number of fused-ring (bicyclic) bond motifs is 1. The minimum absolute atomic E-state index is 0.336. The Morgan fingerprint density at radius 3 is 2.68 bits per heavy atom. The van der Waals surface area contributed by atoms with Crippen molar-refractivity contribution in [3.63, 3.8) is 0 Å². The summed E-state index contributed by atoms with van der Waals surface area (Å²) >= 11 is 0. The molecule has 1 N–H and O–H groups in total. The van der Waals surface area contributed by atoms with Crippen molar-refractivity contribution < 1.29 is 0 Å². The van der Waals surface area contributed by atoms with Crippen molar-refractivity contribution in [2.24, 2.45) is 0 Å². The van der Waals surface area contributed by atoms with Crippen LogP contribution in [-0.4, -0.2) is 20.8 Å². The molecule has 0 amide bonds. The molecule has 0 aromatic carbocycles. The average Bonchev–Trinajstić information content (AvgIpc) is 2.69. The van der Waals surface area contributed by atoms with Crippen LogP contribution in [0.5, 0.6) is 0 Å². The van der Waals surface area contributed by atoms with E-state index in [4.69, 9.17) is 0 Å². The van der Waals surface area contributed by atoms with E-state index in [0.29, 0.717) is 12.1 Å². The number of nitrogens with zero attached hydrogens (tertiary/aromatic N) is 3. The van der Waals surface area contributed by atoms with Gasteiger partial charge in [0.25, 0.3) is 0 Å². The SMILES string of the molecule is CC(NC1CCCCC1)c1nnc2n1CCCCC2. The number of rotatable bonds is 3. The van der Waals surface area contributed by atoms with E-state index in [9.17, 15) is 0 Å². The van der Waals surface area contributed by atoms with E-state index >= 15 is 0 Å². The van der Waals surface area contributed by atoms with Crippen LogP contribution >= 0.6 is 0 Å². The zero-order valence-electron chi connectivity index (χ0n) is 12.1. The Balaban J connectivity index is 1.68. The number of hydrogen-bond donors (Lipinski definition) is 1. The Bertz CT molecular complexity index is 406. The van der Waals surface area contributed by atoms with Crippen LogP contribution in [0.1, 0.15) is 76.0 Å². The zero-order valence-corrected chi connectivity index (χ0v) is 12.1. The summed E-state index contributed by atoms with van der Waals surface area (Å²) in [5, 5.41) is 12.6. The molecule has 1 aromatic heterocycles. The first kappa shape index (κ1) is 13.1. The molecule has 0 bridgehead atoms. The molecule has 1 saturated carbocycles. The number of aromatic nitrogens is 3. The maximum Gasteiger partial charge on any atom is 0.149 e. The predicted octanol–water partition coefficient (Wildman–Crippen LogP) is 2.99. The maximum atomic E-state index is 4.46. The van der Waals surface area contributed by atoms with Crippen molar-refractivity contribution in [1.29, 1.82) is 0 Å². The summed E-state index contributed by atoms with van der Waals surface area (Å²) < 4.78 is 2.37. The minimum atomic E-state index is 0.336. The van der Waals surface area contributed by atoms with Crippen molar-refractivity contribution >= 4 is 0 Å². The lowest BCUT2D eigenvalue weighted by Gasteiger charge is -2.26. The van der Waals surface area contributed by atoms with Gasteiger partial charge >= 0.3 is 0 Å². The third kappa shape index (κ3) is 2.99. The van der Waals surface area contributed by atoms with Gasteiger partial charge in [0.15, 0.2) is 0 Å². The van der Waals surface area contributed by atoms with Crippen LogP contribution in [0.15, 0.2) is 0 Å². The molecule has 4 heteroatoms. The maximum absolute atomic E-state index is 4.46. The molecule has 106 valence electrons. The van der Waals surface area contributed by atoms with E-state index in [1.54, 1.807) is 0 Å². The topological polar surface area (TPSA) is 42.7 Å². The van der Waals surface area contributed by atoms with Crippen LogP contribution < -0.4 is 5.32 Å². The fourth-order valence-electron chi connectivity index (χ4n) is 3.53. The molecule has 19 heavy (non-hydrogen) atoms. The largest absolute Gasteiger partial charge is 0.314 e. The van der Waals surface area contributed by atoms with Gasteiger partial charge in [0.2, 0.25) is 0 Å². The lowest BCUT2D eigenvalue weighted by atomic mass is 9.95. The highest BCUT2D eigenvalue weighted by Gasteiger charge is 2.22. The van der Waals surface area contributed by atoms with Crippen LogP contribution in [0.4, 0.5) is 0 Å². The standard InChI is InChI=1S/C15H26N4/c1-12(16-13-8-4-2-5-9-13)15-18-17-14-10-6-3-7-11-19(14)15/h12-13,16H,2-11H2,1H3. The van der Waals surface area contributed by atoms with Gasteiger partial charge in [0.1, 0.15) is 11.6 Å². The fraction of sp³-hybridized carbons (Fsp3) is 0.867. The van der Waals surface area contributed by atoms with Crippen molar-refractivity contribution in [2.75, 3.05) is 0 Å². The van der Waals surface area contributed by atoms with Gasteiger partial charge in [-0.15, -0.1) is 10.2 Å². The summed E-state index contributed by atoms with van der Waals surface area (Å²) in [4.78, 5) is 0. The Hall–Kier alpha value is -0.900. The molecule has 0 saturated heterocycles. The molecule has 1 atom stereocenters. The summed E-state index contributed by atoms with van der Waals surface area (Å²) in [5.74, 6) is 2.35. The molecule has 3 rings (SSSR count). The summed E-state index contributed by atoms with van der Waals surface area (Å²) in [5.41, 5.74) is 0. The van der Waals surface area contributed by atoms with E-state index in [1.165, 1.54) is 57.2 Å². The lowest BCUT2D eigenvalue weighted by molar-refractivity contribution is 0.337. The first-order chi connectivity index (χ1) is 9.34. The predicted molar refractivity (Wildman–Crippen MR) is 76.0 cm³/mol. The monoisotopic (exact) mass is 262 g/mol. The normalized spacial score (nSPS) is 22.8. The molecule has 4 nitrogen and oxygen atoms in total. The number of nitrogens with one attached hydrogen (secondary N) is 1. The number of aryl methyl sites for hydroxylation is 1. The Labute approximate surface area is 116 Å². The molecular formula is C15H26N4. The van der Waals surface area contributed by atoms with Gasteiger partial charge in [-0.25, -0.2) is 0 Å².